The maximum atomic E-state index is 14.6. The molecular weight excluding hydrogens is 388 g/mol. The highest BCUT2D eigenvalue weighted by molar-refractivity contribution is 6.60. The summed E-state index contributed by atoms with van der Waals surface area (Å²) in [6.07, 6.45) is 6.30. The van der Waals surface area contributed by atoms with Crippen molar-refractivity contribution >= 4 is 35.1 Å². The predicted molar refractivity (Wildman–Crippen MR) is 125 cm³/mol. The van der Waals surface area contributed by atoms with Crippen LogP contribution in [0, 0.1) is 17.3 Å². The number of rotatable bonds is 7. The molecule has 1 saturated heterocycles. The Balaban J connectivity index is 1.57. The Morgan fingerprint density at radius 3 is 2.35 bits per heavy atom. The summed E-state index contributed by atoms with van der Waals surface area (Å²) >= 11 is 0. The lowest BCUT2D eigenvalue weighted by Crippen LogP contribution is -2.51. The molecule has 1 amide bonds. The Morgan fingerprint density at radius 1 is 1.16 bits per heavy atom. The van der Waals surface area contributed by atoms with Gasteiger partial charge in [-0.2, -0.15) is 4.39 Å². The van der Waals surface area contributed by atoms with Gasteiger partial charge in [0, 0.05) is 32.2 Å². The highest BCUT2D eigenvalue weighted by Gasteiger charge is 2.39. The van der Waals surface area contributed by atoms with Crippen molar-refractivity contribution in [2.24, 2.45) is 11.3 Å². The summed E-state index contributed by atoms with van der Waals surface area (Å²) in [5.41, 5.74) is 0.735. The number of aromatic nitrogens is 1. The zero-order valence-electron chi connectivity index (χ0n) is 19.0. The molecule has 2 atom stereocenters. The lowest BCUT2D eigenvalue weighted by atomic mass is 9.49. The Labute approximate surface area is 190 Å². The summed E-state index contributed by atoms with van der Waals surface area (Å²) in [7, 11) is 16.1. The van der Waals surface area contributed by atoms with Crippen LogP contribution in [-0.2, 0) is 0 Å². The molecule has 0 aromatic carbocycles. The van der Waals surface area contributed by atoms with E-state index in [0.717, 1.165) is 32.1 Å². The molecule has 31 heavy (non-hydrogen) atoms. The second kappa shape index (κ2) is 9.56. The summed E-state index contributed by atoms with van der Waals surface area (Å²) in [5.74, 6) is -0.606. The lowest BCUT2D eigenvalue weighted by molar-refractivity contribution is 0.0946. The first-order valence-electron chi connectivity index (χ1n) is 11.4. The fraction of sp³-hybridized carbons (Fsp3) is 0.727. The average molecular weight is 420 g/mol. The van der Waals surface area contributed by atoms with E-state index in [1.54, 1.807) is 6.07 Å². The van der Waals surface area contributed by atoms with Crippen LogP contribution in [0.5, 0.6) is 0 Å². The fourth-order valence-corrected chi connectivity index (χ4v) is 5.13. The molecule has 6 radical (unpaired) electrons. The predicted octanol–water partition coefficient (Wildman–Crippen LogP) is 2.18. The SMILES string of the molecule is [B]C([B])([B])NC(=O)c1ccc(N2CCN(C3CCC(C(C)(CC)CC)C3)CC2)c(F)n1. The molecule has 1 aromatic rings. The van der Waals surface area contributed by atoms with Crippen molar-refractivity contribution in [3.63, 3.8) is 0 Å². The number of nitrogens with one attached hydrogen (secondary N) is 1. The third kappa shape index (κ3) is 5.66. The van der Waals surface area contributed by atoms with E-state index in [1.165, 1.54) is 38.2 Å². The largest absolute Gasteiger partial charge is 0.371 e. The number of amides is 1. The first-order chi connectivity index (χ1) is 14.6. The quantitative estimate of drug-likeness (QED) is 0.543. The molecule has 0 bridgehead atoms. The molecule has 3 rings (SSSR count). The number of carbonyl (C=O) groups excluding carboxylic acids is 1. The fourth-order valence-electron chi connectivity index (χ4n) is 5.13. The van der Waals surface area contributed by atoms with Crippen LogP contribution in [0.15, 0.2) is 12.1 Å². The summed E-state index contributed by atoms with van der Waals surface area (Å²) in [6, 6.07) is 3.67. The van der Waals surface area contributed by atoms with Crippen LogP contribution in [0.25, 0.3) is 0 Å². The molecular formula is C22H32B3FN4O. The Hall–Kier alpha value is -1.50. The van der Waals surface area contributed by atoms with Gasteiger partial charge in [-0.15, -0.1) is 0 Å². The van der Waals surface area contributed by atoms with Crippen LogP contribution in [-0.4, -0.2) is 76.8 Å². The van der Waals surface area contributed by atoms with E-state index in [-0.39, 0.29) is 5.69 Å². The minimum Gasteiger partial charge on any atom is -0.371 e. The smallest absolute Gasteiger partial charge is 0.268 e. The third-order valence-corrected chi connectivity index (χ3v) is 7.57. The molecule has 1 aliphatic heterocycles. The van der Waals surface area contributed by atoms with E-state index in [2.05, 4.69) is 36.0 Å². The van der Waals surface area contributed by atoms with E-state index >= 15 is 0 Å². The Morgan fingerprint density at radius 2 is 1.81 bits per heavy atom. The third-order valence-electron chi connectivity index (χ3n) is 7.57. The van der Waals surface area contributed by atoms with Gasteiger partial charge in [0.15, 0.2) is 0 Å². The molecule has 162 valence electrons. The number of anilines is 1. The van der Waals surface area contributed by atoms with Crippen molar-refractivity contribution < 1.29 is 9.18 Å². The van der Waals surface area contributed by atoms with E-state index in [0.29, 0.717) is 17.1 Å². The molecule has 2 aliphatic rings. The van der Waals surface area contributed by atoms with E-state index in [4.69, 9.17) is 23.5 Å². The van der Waals surface area contributed by atoms with Gasteiger partial charge in [0.25, 0.3) is 5.91 Å². The van der Waals surface area contributed by atoms with Crippen molar-refractivity contribution in [2.45, 2.75) is 64.2 Å². The molecule has 5 nitrogen and oxygen atoms in total. The zero-order valence-corrected chi connectivity index (χ0v) is 19.0. The van der Waals surface area contributed by atoms with E-state index < -0.39 is 17.1 Å². The van der Waals surface area contributed by atoms with Crippen LogP contribution in [0.1, 0.15) is 63.4 Å². The number of pyridine rings is 1. The van der Waals surface area contributed by atoms with Crippen LogP contribution < -0.4 is 10.2 Å². The van der Waals surface area contributed by atoms with Gasteiger partial charge < -0.3 is 10.2 Å². The van der Waals surface area contributed by atoms with Crippen molar-refractivity contribution in [3.8, 4) is 0 Å². The maximum Gasteiger partial charge on any atom is 0.268 e. The first-order valence-corrected chi connectivity index (χ1v) is 11.4. The standard InChI is InChI=1S/C22H32B3FN4O/c1-4-21(3,5-2)15-6-7-16(14-15)29-10-12-30(13-11-29)18-9-8-17(27-19(18)26)20(31)28-22(23,24)25/h8-9,15-16H,4-7,10-14H2,1-3H3,(H,28,31). The number of nitrogens with zero attached hydrogens (tertiary/aromatic N) is 3. The topological polar surface area (TPSA) is 48.5 Å². The molecule has 0 spiro atoms. The van der Waals surface area contributed by atoms with Crippen molar-refractivity contribution in [1.82, 2.24) is 15.2 Å². The normalized spacial score (nSPS) is 23.2. The number of hydrogen-bond donors (Lipinski definition) is 1. The minimum absolute atomic E-state index is 0.113. The van der Waals surface area contributed by atoms with Crippen LogP contribution in [0.3, 0.4) is 0 Å². The van der Waals surface area contributed by atoms with Gasteiger partial charge in [0.1, 0.15) is 5.69 Å². The van der Waals surface area contributed by atoms with Gasteiger partial charge >= 0.3 is 0 Å². The molecule has 2 fully saturated rings. The average Bonchev–Trinajstić information content (AvgIpc) is 3.23. The van der Waals surface area contributed by atoms with E-state index in [1.807, 2.05) is 4.90 Å². The molecule has 1 saturated carbocycles. The molecule has 1 N–H and O–H groups in total. The first kappa shape index (κ1) is 24.2. The van der Waals surface area contributed by atoms with Gasteiger partial charge in [-0.1, -0.05) is 38.8 Å². The number of carbonyl (C=O) groups is 1. The summed E-state index contributed by atoms with van der Waals surface area (Å²) in [4.78, 5) is 20.4. The van der Waals surface area contributed by atoms with Gasteiger partial charge in [0.2, 0.25) is 5.95 Å². The number of halogens is 1. The lowest BCUT2D eigenvalue weighted by Gasteiger charge is -2.40. The monoisotopic (exact) mass is 420 g/mol. The number of hydrogen-bond acceptors (Lipinski definition) is 4. The van der Waals surface area contributed by atoms with Crippen molar-refractivity contribution in [1.29, 1.82) is 0 Å². The molecule has 2 heterocycles. The maximum absolute atomic E-state index is 14.6. The molecule has 1 aliphatic carbocycles. The Bertz CT molecular complexity index is 777. The van der Waals surface area contributed by atoms with Crippen LogP contribution >= 0.6 is 0 Å². The number of piperazine rings is 1. The van der Waals surface area contributed by atoms with Crippen molar-refractivity contribution in [2.75, 3.05) is 31.1 Å². The Kier molecular flexibility index (Phi) is 7.45. The van der Waals surface area contributed by atoms with Crippen LogP contribution in [0.4, 0.5) is 10.1 Å². The van der Waals surface area contributed by atoms with Crippen molar-refractivity contribution in [3.05, 3.63) is 23.8 Å². The highest BCUT2D eigenvalue weighted by Crippen LogP contribution is 2.45. The second-order valence-corrected chi connectivity index (χ2v) is 9.44. The molecule has 2 unspecified atom stereocenters. The van der Waals surface area contributed by atoms with Gasteiger partial charge in [-0.25, -0.2) is 4.98 Å². The minimum atomic E-state index is -1.88. The zero-order chi connectivity index (χ0) is 22.8. The summed E-state index contributed by atoms with van der Waals surface area (Å²) < 4.78 is 14.6. The van der Waals surface area contributed by atoms with E-state index in [9.17, 15) is 9.18 Å². The van der Waals surface area contributed by atoms with Crippen LogP contribution in [0.2, 0.25) is 0 Å². The summed E-state index contributed by atoms with van der Waals surface area (Å²) in [6.45, 7) is 10.3. The highest BCUT2D eigenvalue weighted by atomic mass is 19.1. The van der Waals surface area contributed by atoms with Gasteiger partial charge in [-0.3, -0.25) is 9.69 Å². The molecule has 1 aromatic heterocycles. The second-order valence-electron chi connectivity index (χ2n) is 9.44. The molecule has 9 heteroatoms. The summed E-state index contributed by atoms with van der Waals surface area (Å²) in [5, 5.41) is 0.286. The van der Waals surface area contributed by atoms with Gasteiger partial charge in [-0.05, 0) is 42.7 Å². The van der Waals surface area contributed by atoms with Gasteiger partial charge in [0.05, 0.1) is 29.2 Å².